The maximum absolute atomic E-state index is 13.1. The molecule has 2 amide bonds. The van der Waals surface area contributed by atoms with Gasteiger partial charge in [0.2, 0.25) is 5.91 Å². The van der Waals surface area contributed by atoms with Gasteiger partial charge >= 0.3 is 0 Å². The second-order valence-electron chi connectivity index (χ2n) is 6.44. The molecule has 2 heterocycles. The molecule has 27 heavy (non-hydrogen) atoms. The SMILES string of the molecule is COc1cccc(OC)c1C(=O)N1CCCN(C(=O)Cc2ccc[nH]2)CC1. The minimum absolute atomic E-state index is 0.0709. The third-order valence-electron chi connectivity index (χ3n) is 4.78. The fourth-order valence-corrected chi connectivity index (χ4v) is 3.34. The van der Waals surface area contributed by atoms with Crippen LogP contribution in [0.1, 0.15) is 22.5 Å². The number of ether oxygens (including phenoxy) is 2. The number of methoxy groups -OCH3 is 2. The van der Waals surface area contributed by atoms with E-state index in [-0.39, 0.29) is 11.8 Å². The minimum atomic E-state index is -0.136. The third-order valence-corrected chi connectivity index (χ3v) is 4.78. The summed E-state index contributed by atoms with van der Waals surface area (Å²) in [4.78, 5) is 32.3. The second-order valence-corrected chi connectivity index (χ2v) is 6.44. The lowest BCUT2D eigenvalue weighted by molar-refractivity contribution is -0.130. The van der Waals surface area contributed by atoms with Crippen molar-refractivity contribution in [3.05, 3.63) is 47.8 Å². The highest BCUT2D eigenvalue weighted by Gasteiger charge is 2.27. The number of carbonyl (C=O) groups is 2. The summed E-state index contributed by atoms with van der Waals surface area (Å²) >= 11 is 0. The average molecular weight is 371 g/mol. The van der Waals surface area contributed by atoms with Crippen molar-refractivity contribution in [3.63, 3.8) is 0 Å². The van der Waals surface area contributed by atoms with Crippen LogP contribution in [0.15, 0.2) is 36.5 Å². The van der Waals surface area contributed by atoms with Crippen molar-refractivity contribution in [2.75, 3.05) is 40.4 Å². The van der Waals surface area contributed by atoms with Gasteiger partial charge in [-0.3, -0.25) is 9.59 Å². The van der Waals surface area contributed by atoms with Crippen LogP contribution in [-0.4, -0.2) is 67.0 Å². The highest BCUT2D eigenvalue weighted by atomic mass is 16.5. The molecule has 0 aliphatic carbocycles. The molecule has 1 aromatic carbocycles. The topological polar surface area (TPSA) is 74.9 Å². The second kappa shape index (κ2) is 8.62. The van der Waals surface area contributed by atoms with Crippen LogP contribution < -0.4 is 9.47 Å². The molecule has 0 saturated carbocycles. The third kappa shape index (κ3) is 4.24. The number of aromatic amines is 1. The summed E-state index contributed by atoms with van der Waals surface area (Å²) < 4.78 is 10.7. The van der Waals surface area contributed by atoms with E-state index < -0.39 is 0 Å². The molecule has 0 atom stereocenters. The van der Waals surface area contributed by atoms with Crippen molar-refractivity contribution in [1.82, 2.24) is 14.8 Å². The molecule has 0 spiro atoms. The van der Waals surface area contributed by atoms with Gasteiger partial charge in [0.1, 0.15) is 17.1 Å². The molecule has 7 heteroatoms. The number of H-pyrrole nitrogens is 1. The lowest BCUT2D eigenvalue weighted by Gasteiger charge is -2.23. The molecule has 1 fully saturated rings. The molecule has 1 aliphatic rings. The monoisotopic (exact) mass is 371 g/mol. The molecule has 2 aromatic rings. The lowest BCUT2D eigenvalue weighted by atomic mass is 10.1. The van der Waals surface area contributed by atoms with Gasteiger partial charge in [0.15, 0.2) is 0 Å². The molecule has 1 aromatic heterocycles. The molecular formula is C20H25N3O4. The molecule has 0 unspecified atom stereocenters. The van der Waals surface area contributed by atoms with E-state index in [1.165, 1.54) is 14.2 Å². The number of carbonyl (C=O) groups excluding carboxylic acids is 2. The molecule has 144 valence electrons. The Morgan fingerprint density at radius 3 is 2.26 bits per heavy atom. The van der Waals surface area contributed by atoms with Crippen molar-refractivity contribution >= 4 is 11.8 Å². The highest BCUT2D eigenvalue weighted by molar-refractivity contribution is 5.99. The van der Waals surface area contributed by atoms with Crippen molar-refractivity contribution in [2.24, 2.45) is 0 Å². The number of nitrogens with one attached hydrogen (secondary N) is 1. The number of hydrogen-bond acceptors (Lipinski definition) is 4. The van der Waals surface area contributed by atoms with Gasteiger partial charge in [0, 0.05) is 38.1 Å². The average Bonchev–Trinajstić information content (AvgIpc) is 3.07. The van der Waals surface area contributed by atoms with E-state index in [9.17, 15) is 9.59 Å². The van der Waals surface area contributed by atoms with E-state index in [0.29, 0.717) is 49.7 Å². The van der Waals surface area contributed by atoms with Crippen molar-refractivity contribution < 1.29 is 19.1 Å². The van der Waals surface area contributed by atoms with Crippen LogP contribution in [-0.2, 0) is 11.2 Å². The normalized spacial score (nSPS) is 14.6. The highest BCUT2D eigenvalue weighted by Crippen LogP contribution is 2.29. The predicted octanol–water partition coefficient (Wildman–Crippen LogP) is 1.95. The van der Waals surface area contributed by atoms with Crippen LogP contribution in [0.25, 0.3) is 0 Å². The molecular weight excluding hydrogens is 346 g/mol. The first-order chi connectivity index (χ1) is 13.1. The Morgan fingerprint density at radius 1 is 0.963 bits per heavy atom. The molecule has 1 N–H and O–H groups in total. The lowest BCUT2D eigenvalue weighted by Crippen LogP contribution is -2.38. The first-order valence-electron chi connectivity index (χ1n) is 9.04. The maximum Gasteiger partial charge on any atom is 0.261 e. The van der Waals surface area contributed by atoms with Crippen molar-refractivity contribution in [2.45, 2.75) is 12.8 Å². The molecule has 7 nitrogen and oxygen atoms in total. The molecule has 0 radical (unpaired) electrons. The summed E-state index contributed by atoms with van der Waals surface area (Å²) in [5.74, 6) is 0.913. The van der Waals surface area contributed by atoms with Gasteiger partial charge in [0.25, 0.3) is 5.91 Å². The Labute approximate surface area is 158 Å². The first kappa shape index (κ1) is 18.8. The van der Waals surface area contributed by atoms with Gasteiger partial charge in [-0.15, -0.1) is 0 Å². The summed E-state index contributed by atoms with van der Waals surface area (Å²) in [5, 5.41) is 0. The van der Waals surface area contributed by atoms with Gasteiger partial charge < -0.3 is 24.3 Å². The van der Waals surface area contributed by atoms with Gasteiger partial charge in [-0.1, -0.05) is 6.07 Å². The van der Waals surface area contributed by atoms with E-state index >= 15 is 0 Å². The molecule has 1 saturated heterocycles. The zero-order valence-corrected chi connectivity index (χ0v) is 15.7. The van der Waals surface area contributed by atoms with Crippen LogP contribution in [0, 0.1) is 0 Å². The predicted molar refractivity (Wildman–Crippen MR) is 101 cm³/mol. The van der Waals surface area contributed by atoms with E-state index in [2.05, 4.69) is 4.98 Å². The number of benzene rings is 1. The quantitative estimate of drug-likeness (QED) is 0.872. The largest absolute Gasteiger partial charge is 0.496 e. The number of rotatable bonds is 5. The molecule has 1 aliphatic heterocycles. The molecule has 0 bridgehead atoms. The zero-order valence-electron chi connectivity index (χ0n) is 15.7. The summed E-state index contributed by atoms with van der Waals surface area (Å²) in [6.07, 6.45) is 2.90. The van der Waals surface area contributed by atoms with Gasteiger partial charge in [-0.25, -0.2) is 0 Å². The zero-order chi connectivity index (χ0) is 19.2. The standard InChI is InChI=1S/C20H25N3O4/c1-26-16-7-3-8-17(27-2)19(16)20(25)23-11-5-10-22(12-13-23)18(24)14-15-6-4-9-21-15/h3-4,6-9,21H,5,10-14H2,1-2H3. The van der Waals surface area contributed by atoms with Crippen molar-refractivity contribution in [3.8, 4) is 11.5 Å². The summed E-state index contributed by atoms with van der Waals surface area (Å²) in [6.45, 7) is 2.23. The summed E-state index contributed by atoms with van der Waals surface area (Å²) in [6, 6.07) is 9.07. The Morgan fingerprint density at radius 2 is 1.63 bits per heavy atom. The van der Waals surface area contributed by atoms with E-state index in [1.54, 1.807) is 23.1 Å². The number of aromatic nitrogens is 1. The van der Waals surface area contributed by atoms with Crippen LogP contribution in [0.2, 0.25) is 0 Å². The maximum atomic E-state index is 13.1. The van der Waals surface area contributed by atoms with Crippen LogP contribution >= 0.6 is 0 Å². The Bertz CT molecular complexity index is 766. The number of amides is 2. The van der Waals surface area contributed by atoms with Crippen LogP contribution in [0.4, 0.5) is 0 Å². The first-order valence-corrected chi connectivity index (χ1v) is 9.04. The van der Waals surface area contributed by atoms with E-state index in [4.69, 9.17) is 9.47 Å². The smallest absolute Gasteiger partial charge is 0.261 e. The fourth-order valence-electron chi connectivity index (χ4n) is 3.34. The van der Waals surface area contributed by atoms with Gasteiger partial charge in [0.05, 0.1) is 20.6 Å². The number of nitrogens with zero attached hydrogens (tertiary/aromatic N) is 2. The minimum Gasteiger partial charge on any atom is -0.496 e. The fraction of sp³-hybridized carbons (Fsp3) is 0.400. The Balaban J connectivity index is 1.69. The molecule has 3 rings (SSSR count). The van der Waals surface area contributed by atoms with Crippen molar-refractivity contribution in [1.29, 1.82) is 0 Å². The Kier molecular flexibility index (Phi) is 6.01. The van der Waals surface area contributed by atoms with E-state index in [1.807, 2.05) is 23.2 Å². The summed E-state index contributed by atoms with van der Waals surface area (Å²) in [7, 11) is 3.07. The van der Waals surface area contributed by atoms with Crippen LogP contribution in [0.3, 0.4) is 0 Å². The summed E-state index contributed by atoms with van der Waals surface area (Å²) in [5.41, 5.74) is 1.32. The Hall–Kier alpha value is -2.96. The number of hydrogen-bond donors (Lipinski definition) is 1. The van der Waals surface area contributed by atoms with E-state index in [0.717, 1.165) is 12.1 Å². The van der Waals surface area contributed by atoms with Gasteiger partial charge in [-0.05, 0) is 30.7 Å². The van der Waals surface area contributed by atoms with Gasteiger partial charge in [-0.2, -0.15) is 0 Å². The van der Waals surface area contributed by atoms with Crippen LogP contribution in [0.5, 0.6) is 11.5 Å².